The van der Waals surface area contributed by atoms with E-state index in [-0.39, 0.29) is 0 Å². The van der Waals surface area contributed by atoms with Crippen LogP contribution in [0.2, 0.25) is 5.02 Å². The molecule has 2 N–H and O–H groups in total. The van der Waals surface area contributed by atoms with Crippen LogP contribution in [0.3, 0.4) is 0 Å². The maximum atomic E-state index is 8.38. The zero-order valence-corrected chi connectivity index (χ0v) is 13.9. The summed E-state index contributed by atoms with van der Waals surface area (Å²) < 4.78 is 0. The highest BCUT2D eigenvalue weighted by Gasteiger charge is 2.17. The Labute approximate surface area is 145 Å². The minimum absolute atomic E-state index is 0.311. The van der Waals surface area contributed by atoms with Crippen LogP contribution < -0.4 is 10.2 Å². The van der Waals surface area contributed by atoms with Gasteiger partial charge in [0.2, 0.25) is 0 Å². The summed E-state index contributed by atoms with van der Waals surface area (Å²) in [7, 11) is 1.90. The van der Waals surface area contributed by atoms with Gasteiger partial charge in [0, 0.05) is 23.3 Å². The number of nitrogens with one attached hydrogen (secondary N) is 2. The summed E-state index contributed by atoms with van der Waals surface area (Å²) in [6.07, 6.45) is 4.25. The Morgan fingerprint density at radius 1 is 1.00 bits per heavy atom. The molecular formula is C20H16ClN3. The van der Waals surface area contributed by atoms with Gasteiger partial charge in [-0.25, -0.2) is 0 Å². The van der Waals surface area contributed by atoms with Crippen molar-refractivity contribution in [2.75, 3.05) is 17.3 Å². The third-order valence-corrected chi connectivity index (χ3v) is 4.58. The highest BCUT2D eigenvalue weighted by atomic mass is 35.5. The number of rotatable bonds is 2. The van der Waals surface area contributed by atoms with Crippen molar-refractivity contribution >= 4 is 51.9 Å². The topological polar surface area (TPSA) is 39.1 Å². The molecule has 0 saturated heterocycles. The lowest BCUT2D eigenvalue weighted by molar-refractivity contribution is 1.21. The molecule has 0 spiro atoms. The predicted octanol–water partition coefficient (Wildman–Crippen LogP) is 5.46. The number of benzene rings is 3. The summed E-state index contributed by atoms with van der Waals surface area (Å²) >= 11 is 5.91. The summed E-state index contributed by atoms with van der Waals surface area (Å²) in [5.41, 5.74) is 4.24. The van der Waals surface area contributed by atoms with Gasteiger partial charge in [0.1, 0.15) is 0 Å². The molecule has 0 radical (unpaired) electrons. The van der Waals surface area contributed by atoms with Crippen LogP contribution in [-0.4, -0.2) is 13.0 Å². The first-order chi connectivity index (χ1) is 11.6. The van der Waals surface area contributed by atoms with Crippen LogP contribution in [0, 0.1) is 5.41 Å². The van der Waals surface area contributed by atoms with Crippen LogP contribution in [0.5, 0.6) is 0 Å². The van der Waals surface area contributed by atoms with Gasteiger partial charge in [-0.15, -0.1) is 0 Å². The van der Waals surface area contributed by atoms with Crippen LogP contribution >= 0.6 is 11.6 Å². The quantitative estimate of drug-likeness (QED) is 0.377. The van der Waals surface area contributed by atoms with Crippen molar-refractivity contribution in [3.05, 3.63) is 70.7 Å². The lowest BCUT2D eigenvalue weighted by Crippen LogP contribution is -2.32. The minimum atomic E-state index is 0.311. The lowest BCUT2D eigenvalue weighted by atomic mass is 10.0. The molecule has 24 heavy (non-hydrogen) atoms. The van der Waals surface area contributed by atoms with Gasteiger partial charge in [0.05, 0.1) is 5.69 Å². The van der Waals surface area contributed by atoms with Crippen LogP contribution in [0.4, 0.5) is 11.4 Å². The third-order valence-electron chi connectivity index (χ3n) is 4.33. The van der Waals surface area contributed by atoms with Gasteiger partial charge in [0.25, 0.3) is 0 Å². The van der Waals surface area contributed by atoms with E-state index in [0.717, 1.165) is 16.9 Å². The number of hydrogen-bond donors (Lipinski definition) is 2. The Balaban J connectivity index is 1.67. The second-order valence-electron chi connectivity index (χ2n) is 5.82. The summed E-state index contributed by atoms with van der Waals surface area (Å²) in [6, 6.07) is 17.8. The molecule has 0 aromatic heterocycles. The van der Waals surface area contributed by atoms with Crippen LogP contribution in [0.1, 0.15) is 11.1 Å². The Morgan fingerprint density at radius 3 is 2.58 bits per heavy atom. The number of anilines is 2. The fourth-order valence-corrected chi connectivity index (χ4v) is 3.20. The Morgan fingerprint density at radius 2 is 1.79 bits per heavy atom. The van der Waals surface area contributed by atoms with Gasteiger partial charge in [-0.2, -0.15) is 0 Å². The van der Waals surface area contributed by atoms with E-state index in [2.05, 4.69) is 47.8 Å². The zero-order valence-electron chi connectivity index (χ0n) is 13.2. The molecule has 3 aromatic carbocycles. The molecular weight excluding hydrogens is 318 g/mol. The molecule has 0 fully saturated rings. The highest BCUT2D eigenvalue weighted by Crippen LogP contribution is 2.37. The maximum Gasteiger partial charge on any atom is 0.199 e. The van der Waals surface area contributed by atoms with Crippen molar-refractivity contribution in [2.45, 2.75) is 0 Å². The Hall–Kier alpha value is -2.78. The number of hydrogen-bond acceptors (Lipinski definition) is 1. The summed E-state index contributed by atoms with van der Waals surface area (Å²) in [5, 5.41) is 14.6. The van der Waals surface area contributed by atoms with Crippen molar-refractivity contribution < 1.29 is 0 Å². The normalized spacial score (nSPS) is 11.8. The summed E-state index contributed by atoms with van der Waals surface area (Å²) in [6.45, 7) is 0. The smallest absolute Gasteiger partial charge is 0.199 e. The van der Waals surface area contributed by atoms with Gasteiger partial charge >= 0.3 is 0 Å². The number of halogens is 1. The Kier molecular flexibility index (Phi) is 3.51. The molecule has 0 aliphatic heterocycles. The number of guanidine groups is 1. The predicted molar refractivity (Wildman–Crippen MR) is 104 cm³/mol. The zero-order chi connectivity index (χ0) is 16.7. The molecule has 1 aliphatic carbocycles. The highest BCUT2D eigenvalue weighted by molar-refractivity contribution is 6.30. The van der Waals surface area contributed by atoms with Gasteiger partial charge in [-0.1, -0.05) is 48.0 Å². The van der Waals surface area contributed by atoms with Crippen molar-refractivity contribution in [3.63, 3.8) is 0 Å². The van der Waals surface area contributed by atoms with E-state index in [1.54, 1.807) is 0 Å². The molecule has 0 heterocycles. The first kappa shape index (κ1) is 14.8. The lowest BCUT2D eigenvalue weighted by Gasteiger charge is -2.23. The molecule has 4 heteroatoms. The van der Waals surface area contributed by atoms with Gasteiger partial charge in [0.15, 0.2) is 5.96 Å². The fraction of sp³-hybridized carbons (Fsp3) is 0.0500. The van der Waals surface area contributed by atoms with E-state index in [1.165, 1.54) is 16.3 Å². The van der Waals surface area contributed by atoms with Crippen LogP contribution in [0.25, 0.3) is 22.9 Å². The van der Waals surface area contributed by atoms with Gasteiger partial charge in [-0.05, 0) is 46.7 Å². The summed E-state index contributed by atoms with van der Waals surface area (Å²) in [5.74, 6) is 0.311. The summed E-state index contributed by atoms with van der Waals surface area (Å²) in [4.78, 5) is 1.86. The molecule has 118 valence electrons. The van der Waals surface area contributed by atoms with Crippen molar-refractivity contribution in [1.29, 1.82) is 5.41 Å². The van der Waals surface area contributed by atoms with Gasteiger partial charge in [-0.3, -0.25) is 5.41 Å². The number of nitrogens with zero attached hydrogens (tertiary/aromatic N) is 1. The maximum absolute atomic E-state index is 8.38. The van der Waals surface area contributed by atoms with E-state index in [9.17, 15) is 0 Å². The molecule has 3 aromatic rings. The fourth-order valence-electron chi connectivity index (χ4n) is 3.07. The average molecular weight is 334 g/mol. The minimum Gasteiger partial charge on any atom is -0.326 e. The van der Waals surface area contributed by atoms with Crippen LogP contribution in [0.15, 0.2) is 54.6 Å². The van der Waals surface area contributed by atoms with Crippen molar-refractivity contribution in [3.8, 4) is 0 Å². The van der Waals surface area contributed by atoms with Crippen molar-refractivity contribution in [2.24, 2.45) is 0 Å². The van der Waals surface area contributed by atoms with E-state index in [0.29, 0.717) is 11.0 Å². The van der Waals surface area contributed by atoms with E-state index < -0.39 is 0 Å². The first-order valence-electron chi connectivity index (χ1n) is 7.72. The molecule has 4 rings (SSSR count). The monoisotopic (exact) mass is 333 g/mol. The largest absolute Gasteiger partial charge is 0.326 e. The second kappa shape index (κ2) is 5.69. The van der Waals surface area contributed by atoms with Crippen LogP contribution in [-0.2, 0) is 0 Å². The Bertz CT molecular complexity index is 974. The van der Waals surface area contributed by atoms with Gasteiger partial charge < -0.3 is 10.2 Å². The van der Waals surface area contributed by atoms with E-state index in [4.69, 9.17) is 17.0 Å². The molecule has 0 saturated carbocycles. The second-order valence-corrected chi connectivity index (χ2v) is 6.25. The average Bonchev–Trinajstić information content (AvgIpc) is 3.03. The molecule has 0 bridgehead atoms. The molecule has 0 unspecified atom stereocenters. The molecule has 1 aliphatic rings. The SMILES string of the molecule is CN(C(=N)Nc1ccc(Cl)cc1)c1ccc2cccc3c2c1C=C3. The molecule has 3 nitrogen and oxygen atoms in total. The molecule has 0 amide bonds. The van der Waals surface area contributed by atoms with Crippen molar-refractivity contribution in [1.82, 2.24) is 0 Å². The third kappa shape index (κ3) is 2.43. The molecule has 0 atom stereocenters. The van der Waals surface area contributed by atoms with E-state index >= 15 is 0 Å². The van der Waals surface area contributed by atoms with E-state index in [1.807, 2.05) is 36.2 Å². The first-order valence-corrected chi connectivity index (χ1v) is 8.10. The standard InChI is InChI=1S/C20H16ClN3/c1-24(20(22)23-16-9-7-15(21)8-10-16)18-12-6-14-4-2-3-13-5-11-17(18)19(13)14/h2-12H,1H3,(H2,22,23).